The molecule has 0 heterocycles. The lowest BCUT2D eigenvalue weighted by Crippen LogP contribution is -2.45. The van der Waals surface area contributed by atoms with E-state index >= 15 is 0 Å². The van der Waals surface area contributed by atoms with E-state index in [1.807, 2.05) is 13.8 Å². The van der Waals surface area contributed by atoms with Gasteiger partial charge in [0.1, 0.15) is 0 Å². The van der Waals surface area contributed by atoms with Gasteiger partial charge in [-0.3, -0.25) is 0 Å². The Kier molecular flexibility index (Phi) is 10.0. The second-order valence-electron chi connectivity index (χ2n) is 5.04. The highest BCUT2D eigenvalue weighted by Crippen LogP contribution is 2.33. The van der Waals surface area contributed by atoms with Crippen LogP contribution in [-0.4, -0.2) is 28.3 Å². The summed E-state index contributed by atoms with van der Waals surface area (Å²) in [6.07, 6.45) is 4.44. The highest BCUT2D eigenvalue weighted by atomic mass is 28.3. The van der Waals surface area contributed by atoms with Gasteiger partial charge in [-0.2, -0.15) is 0 Å². The fourth-order valence-corrected chi connectivity index (χ4v) is 4.05. The fraction of sp³-hybridized carbons (Fsp3) is 1.00. The average Bonchev–Trinajstić information content (AvgIpc) is 2.30. The van der Waals surface area contributed by atoms with E-state index in [4.69, 9.17) is 13.3 Å². The van der Waals surface area contributed by atoms with E-state index in [1.165, 1.54) is 0 Å². The summed E-state index contributed by atoms with van der Waals surface area (Å²) in [5.41, 5.74) is -0.0648. The Morgan fingerprint density at radius 3 is 1.61 bits per heavy atom. The van der Waals surface area contributed by atoms with Crippen LogP contribution in [0.4, 0.5) is 0 Å². The molecule has 0 fully saturated rings. The minimum absolute atomic E-state index is 0.0648. The van der Waals surface area contributed by atoms with Crippen LogP contribution < -0.4 is 0 Å². The summed E-state index contributed by atoms with van der Waals surface area (Å²) < 4.78 is 17.7. The van der Waals surface area contributed by atoms with Crippen molar-refractivity contribution in [1.29, 1.82) is 0 Å². The maximum Gasteiger partial charge on any atom is 0.484 e. The van der Waals surface area contributed by atoms with Crippen molar-refractivity contribution in [3.05, 3.63) is 0 Å². The van der Waals surface area contributed by atoms with Crippen molar-refractivity contribution < 1.29 is 13.3 Å². The smallest absolute Gasteiger partial charge is 0.376 e. The maximum atomic E-state index is 6.36. The molecule has 0 aliphatic heterocycles. The molecule has 0 bridgehead atoms. The minimum Gasteiger partial charge on any atom is -0.376 e. The van der Waals surface area contributed by atoms with E-state index in [1.54, 1.807) is 0 Å². The molecule has 0 N–H and O–H groups in total. The molecule has 0 aromatic carbocycles. The lowest BCUT2D eigenvalue weighted by atomic mass is 9.82. The standard InChI is InChI=1S/C14H32O3Si/c1-7-11-14(12-8-2,13(5)6)17-18(15-9-3)16-10-4/h13,18H,7-12H2,1-6H3. The van der Waals surface area contributed by atoms with Gasteiger partial charge in [-0.1, -0.05) is 40.5 Å². The zero-order chi connectivity index (χ0) is 14.0. The molecule has 0 atom stereocenters. The zero-order valence-electron chi connectivity index (χ0n) is 13.1. The third-order valence-corrected chi connectivity index (χ3v) is 5.21. The van der Waals surface area contributed by atoms with Crippen molar-refractivity contribution >= 4 is 9.53 Å². The van der Waals surface area contributed by atoms with Crippen LogP contribution in [-0.2, 0) is 13.3 Å². The van der Waals surface area contributed by atoms with Crippen molar-refractivity contribution in [2.24, 2.45) is 5.92 Å². The Morgan fingerprint density at radius 2 is 1.33 bits per heavy atom. The predicted molar refractivity (Wildman–Crippen MR) is 78.9 cm³/mol. The fourth-order valence-electron chi connectivity index (χ4n) is 2.38. The lowest BCUT2D eigenvalue weighted by Gasteiger charge is -2.39. The van der Waals surface area contributed by atoms with Crippen molar-refractivity contribution in [1.82, 2.24) is 0 Å². The van der Waals surface area contributed by atoms with E-state index in [2.05, 4.69) is 27.7 Å². The third-order valence-electron chi connectivity index (χ3n) is 3.33. The molecule has 0 saturated carbocycles. The normalized spacial score (nSPS) is 12.7. The van der Waals surface area contributed by atoms with Crippen LogP contribution in [0.5, 0.6) is 0 Å². The third kappa shape index (κ3) is 5.82. The quantitative estimate of drug-likeness (QED) is 0.537. The molecule has 110 valence electrons. The van der Waals surface area contributed by atoms with Gasteiger partial charge in [0.2, 0.25) is 0 Å². The second-order valence-corrected chi connectivity index (χ2v) is 6.52. The van der Waals surface area contributed by atoms with Crippen molar-refractivity contribution in [2.75, 3.05) is 13.2 Å². The van der Waals surface area contributed by atoms with E-state index in [-0.39, 0.29) is 5.60 Å². The molecule has 0 aliphatic carbocycles. The predicted octanol–water partition coefficient (Wildman–Crippen LogP) is 3.79. The van der Waals surface area contributed by atoms with Crippen LogP contribution in [0.3, 0.4) is 0 Å². The highest BCUT2D eigenvalue weighted by molar-refractivity contribution is 6.36. The Labute approximate surface area is 115 Å². The molecule has 0 aliphatic rings. The second kappa shape index (κ2) is 9.95. The molecule has 0 aromatic heterocycles. The molecule has 0 spiro atoms. The van der Waals surface area contributed by atoms with E-state index in [0.29, 0.717) is 19.1 Å². The topological polar surface area (TPSA) is 27.7 Å². The summed E-state index contributed by atoms with van der Waals surface area (Å²) >= 11 is 0. The molecule has 3 nitrogen and oxygen atoms in total. The van der Waals surface area contributed by atoms with Crippen molar-refractivity contribution in [3.63, 3.8) is 0 Å². The summed E-state index contributed by atoms with van der Waals surface area (Å²) in [4.78, 5) is 0. The van der Waals surface area contributed by atoms with Crippen LogP contribution in [0.1, 0.15) is 67.2 Å². The van der Waals surface area contributed by atoms with Crippen LogP contribution in [0.15, 0.2) is 0 Å². The summed E-state index contributed by atoms with van der Waals surface area (Å²) in [6, 6.07) is 0. The molecule has 0 unspecified atom stereocenters. The first-order valence-corrected chi connectivity index (χ1v) is 8.88. The Bertz CT molecular complexity index is 185. The molecular weight excluding hydrogens is 244 g/mol. The molecule has 0 amide bonds. The number of hydrogen-bond donors (Lipinski definition) is 0. The van der Waals surface area contributed by atoms with Crippen LogP contribution >= 0.6 is 0 Å². The van der Waals surface area contributed by atoms with Crippen LogP contribution in [0.25, 0.3) is 0 Å². The SMILES string of the molecule is CCCC(CCC)(O[SiH](OCC)OCC)C(C)C. The first-order chi connectivity index (χ1) is 8.56. The van der Waals surface area contributed by atoms with Gasteiger partial charge in [0.05, 0.1) is 5.60 Å². The van der Waals surface area contributed by atoms with Gasteiger partial charge in [-0.25, -0.2) is 0 Å². The van der Waals surface area contributed by atoms with E-state index in [0.717, 1.165) is 25.7 Å². The Hall–Kier alpha value is 0.0969. The molecule has 0 radical (unpaired) electrons. The van der Waals surface area contributed by atoms with Crippen LogP contribution in [0, 0.1) is 5.92 Å². The Balaban J connectivity index is 4.79. The van der Waals surface area contributed by atoms with Gasteiger partial charge in [-0.15, -0.1) is 0 Å². The van der Waals surface area contributed by atoms with E-state index < -0.39 is 9.53 Å². The number of hydrogen-bond acceptors (Lipinski definition) is 3. The highest BCUT2D eigenvalue weighted by Gasteiger charge is 2.37. The van der Waals surface area contributed by atoms with Gasteiger partial charge in [0, 0.05) is 13.2 Å². The van der Waals surface area contributed by atoms with Gasteiger partial charge in [0.25, 0.3) is 0 Å². The van der Waals surface area contributed by atoms with Gasteiger partial charge < -0.3 is 13.3 Å². The molecule has 18 heavy (non-hydrogen) atoms. The van der Waals surface area contributed by atoms with Crippen LogP contribution in [0.2, 0.25) is 0 Å². The van der Waals surface area contributed by atoms with Crippen molar-refractivity contribution in [2.45, 2.75) is 72.8 Å². The maximum absolute atomic E-state index is 6.36. The largest absolute Gasteiger partial charge is 0.484 e. The monoisotopic (exact) mass is 276 g/mol. The first kappa shape index (κ1) is 18.1. The number of rotatable bonds is 11. The summed E-state index contributed by atoms with van der Waals surface area (Å²) in [6.45, 7) is 14.3. The zero-order valence-corrected chi connectivity index (χ0v) is 14.3. The molecule has 4 heteroatoms. The minimum atomic E-state index is -1.98. The average molecular weight is 276 g/mol. The summed E-state index contributed by atoms with van der Waals surface area (Å²) in [7, 11) is -1.98. The Morgan fingerprint density at radius 1 is 0.889 bits per heavy atom. The molecule has 0 rings (SSSR count). The van der Waals surface area contributed by atoms with Crippen molar-refractivity contribution in [3.8, 4) is 0 Å². The van der Waals surface area contributed by atoms with E-state index in [9.17, 15) is 0 Å². The summed E-state index contributed by atoms with van der Waals surface area (Å²) in [5.74, 6) is 0.494. The lowest BCUT2D eigenvalue weighted by molar-refractivity contribution is -0.0500. The molecular formula is C14H32O3Si. The van der Waals surface area contributed by atoms with Gasteiger partial charge >= 0.3 is 9.53 Å². The first-order valence-electron chi connectivity index (χ1n) is 7.47. The van der Waals surface area contributed by atoms with Gasteiger partial charge in [0.15, 0.2) is 0 Å². The molecule has 0 saturated heterocycles. The summed E-state index contributed by atoms with van der Waals surface area (Å²) in [5, 5.41) is 0. The molecule has 0 aromatic rings. The van der Waals surface area contributed by atoms with Gasteiger partial charge in [-0.05, 0) is 32.6 Å².